The highest BCUT2D eigenvalue weighted by molar-refractivity contribution is 7.52. The first-order valence-corrected chi connectivity index (χ1v) is 11.4. The number of carbonyl (C=O) groups is 2. The van der Waals surface area contributed by atoms with Gasteiger partial charge in [-0.25, -0.2) is 4.79 Å². The molecule has 0 heterocycles. The van der Waals surface area contributed by atoms with E-state index in [4.69, 9.17) is 13.8 Å². The maximum absolute atomic E-state index is 12.5. The van der Waals surface area contributed by atoms with Gasteiger partial charge >= 0.3 is 13.6 Å². The average Bonchev–Trinajstić information content (AvgIpc) is 2.74. The van der Waals surface area contributed by atoms with Crippen molar-refractivity contribution < 1.29 is 27.9 Å². The van der Waals surface area contributed by atoms with Crippen LogP contribution in [0, 0.1) is 0 Å². The molecule has 0 saturated heterocycles. The summed E-state index contributed by atoms with van der Waals surface area (Å²) in [5, 5.41) is 2.74. The van der Waals surface area contributed by atoms with Crippen molar-refractivity contribution >= 4 is 19.5 Å². The van der Waals surface area contributed by atoms with Crippen molar-refractivity contribution in [3.05, 3.63) is 48.0 Å². The largest absolute Gasteiger partial charge is 0.467 e. The summed E-state index contributed by atoms with van der Waals surface area (Å²) in [7, 11) is 0.801. The van der Waals surface area contributed by atoms with Gasteiger partial charge in [0.05, 0.1) is 13.3 Å². The molecular formula is C21H32NO6P. The molecule has 7 nitrogen and oxygen atoms in total. The van der Waals surface area contributed by atoms with E-state index in [0.717, 1.165) is 37.7 Å². The normalized spacial score (nSPS) is 12.2. The summed E-state index contributed by atoms with van der Waals surface area (Å²) in [6, 6.07) is 5.92. The Hall–Kier alpha value is -1.95. The fourth-order valence-corrected chi connectivity index (χ4v) is 3.88. The molecular weight excluding hydrogens is 393 g/mol. The fraction of sp³-hybridized carbons (Fsp3) is 0.524. The van der Waals surface area contributed by atoms with E-state index < -0.39 is 19.6 Å². The zero-order valence-electron chi connectivity index (χ0n) is 17.5. The van der Waals surface area contributed by atoms with Crippen LogP contribution in [0.25, 0.3) is 0 Å². The first-order chi connectivity index (χ1) is 13.9. The third kappa shape index (κ3) is 8.94. The molecule has 8 heteroatoms. The molecule has 0 aliphatic heterocycles. The first kappa shape index (κ1) is 25.1. The summed E-state index contributed by atoms with van der Waals surface area (Å²) in [6.45, 7) is 3.70. The van der Waals surface area contributed by atoms with Crippen LogP contribution in [-0.2, 0) is 29.3 Å². The second-order valence-electron chi connectivity index (χ2n) is 6.66. The average molecular weight is 425 g/mol. The Balaban J connectivity index is 2.65. The van der Waals surface area contributed by atoms with Crippen molar-refractivity contribution in [3.8, 4) is 0 Å². The van der Waals surface area contributed by atoms with Crippen LogP contribution in [-0.4, -0.2) is 39.2 Å². The molecule has 29 heavy (non-hydrogen) atoms. The lowest BCUT2D eigenvalue weighted by atomic mass is 10.1. The van der Waals surface area contributed by atoms with Crippen molar-refractivity contribution in [2.24, 2.45) is 0 Å². The number of allylic oxidation sites excluding steroid dienone is 1. The summed E-state index contributed by atoms with van der Waals surface area (Å²) in [4.78, 5) is 24.5. The molecule has 1 aromatic rings. The maximum Gasteiger partial charge on any atom is 0.334 e. The van der Waals surface area contributed by atoms with E-state index in [1.165, 1.54) is 21.3 Å². The standard InChI is InChI=1S/C21H32NO6P/c1-5-6-7-8-9-10-11-19(21(24)26-2)22-20(23)18-14-12-17(13-15-18)16-29(25,27-3)28-4/h5,12-15,19H,1,6-11,16H2,2-4H3,(H,22,23)/t19-/m1/s1. The minimum absolute atomic E-state index is 0.110. The third-order valence-electron chi connectivity index (χ3n) is 4.59. The van der Waals surface area contributed by atoms with Crippen molar-refractivity contribution in [2.75, 3.05) is 21.3 Å². The second-order valence-corrected chi connectivity index (χ2v) is 8.93. The predicted molar refractivity (Wildman–Crippen MR) is 113 cm³/mol. The van der Waals surface area contributed by atoms with E-state index in [2.05, 4.69) is 11.9 Å². The highest BCUT2D eigenvalue weighted by atomic mass is 31.2. The second kappa shape index (κ2) is 13.3. The lowest BCUT2D eigenvalue weighted by Crippen LogP contribution is -2.41. The van der Waals surface area contributed by atoms with Gasteiger partial charge in [0, 0.05) is 19.8 Å². The van der Waals surface area contributed by atoms with Crippen LogP contribution < -0.4 is 5.32 Å². The molecule has 1 amide bonds. The number of amides is 1. The highest BCUT2D eigenvalue weighted by Crippen LogP contribution is 2.49. The van der Waals surface area contributed by atoms with Crippen LogP contribution in [0.1, 0.15) is 54.4 Å². The number of ether oxygens (including phenoxy) is 1. The lowest BCUT2D eigenvalue weighted by Gasteiger charge is -2.17. The number of unbranched alkanes of at least 4 members (excludes halogenated alkanes) is 4. The van der Waals surface area contributed by atoms with Crippen LogP contribution in [0.5, 0.6) is 0 Å². The summed E-state index contributed by atoms with van der Waals surface area (Å²) in [5.41, 5.74) is 1.12. The van der Waals surface area contributed by atoms with E-state index in [-0.39, 0.29) is 12.1 Å². The van der Waals surface area contributed by atoms with Crippen LogP contribution >= 0.6 is 7.60 Å². The molecule has 0 spiro atoms. The van der Waals surface area contributed by atoms with Crippen molar-refractivity contribution in [2.45, 2.75) is 50.7 Å². The topological polar surface area (TPSA) is 90.9 Å². The smallest absolute Gasteiger partial charge is 0.334 e. The van der Waals surface area contributed by atoms with Crippen LogP contribution in [0.2, 0.25) is 0 Å². The number of hydrogen-bond acceptors (Lipinski definition) is 6. The molecule has 0 unspecified atom stereocenters. The van der Waals surface area contributed by atoms with E-state index >= 15 is 0 Å². The lowest BCUT2D eigenvalue weighted by molar-refractivity contribution is -0.143. The van der Waals surface area contributed by atoms with Gasteiger partial charge in [-0.1, -0.05) is 37.5 Å². The van der Waals surface area contributed by atoms with Crippen molar-refractivity contribution in [1.82, 2.24) is 5.32 Å². The molecule has 1 aromatic carbocycles. The molecule has 0 aliphatic carbocycles. The van der Waals surface area contributed by atoms with Crippen molar-refractivity contribution in [1.29, 1.82) is 0 Å². The number of methoxy groups -OCH3 is 1. The molecule has 0 aliphatic rings. The maximum atomic E-state index is 12.5. The number of hydrogen-bond donors (Lipinski definition) is 1. The molecule has 0 radical (unpaired) electrons. The van der Waals surface area contributed by atoms with Gasteiger partial charge in [-0.3, -0.25) is 9.36 Å². The predicted octanol–water partition coefficient (Wildman–Crippen LogP) is 4.47. The minimum atomic E-state index is -3.17. The highest BCUT2D eigenvalue weighted by Gasteiger charge is 2.23. The van der Waals surface area contributed by atoms with Gasteiger partial charge in [0.1, 0.15) is 6.04 Å². The van der Waals surface area contributed by atoms with Gasteiger partial charge in [0.15, 0.2) is 0 Å². The number of nitrogens with one attached hydrogen (secondary N) is 1. The molecule has 1 N–H and O–H groups in total. The zero-order chi connectivity index (χ0) is 21.7. The summed E-state index contributed by atoms with van der Waals surface area (Å²) in [6.07, 6.45) is 7.44. The minimum Gasteiger partial charge on any atom is -0.467 e. The summed E-state index contributed by atoms with van der Waals surface area (Å²) < 4.78 is 26.9. The van der Waals surface area contributed by atoms with Gasteiger partial charge < -0.3 is 19.1 Å². The first-order valence-electron chi connectivity index (χ1n) is 9.68. The molecule has 0 bridgehead atoms. The Morgan fingerprint density at radius 1 is 1.07 bits per heavy atom. The zero-order valence-corrected chi connectivity index (χ0v) is 18.4. The van der Waals surface area contributed by atoms with Gasteiger partial charge in [0.25, 0.3) is 5.91 Å². The summed E-state index contributed by atoms with van der Waals surface area (Å²) >= 11 is 0. The molecule has 0 fully saturated rings. The van der Waals surface area contributed by atoms with E-state index in [9.17, 15) is 14.2 Å². The summed E-state index contributed by atoms with van der Waals surface area (Å²) in [5.74, 6) is -0.817. The Morgan fingerprint density at radius 2 is 1.69 bits per heavy atom. The molecule has 0 aromatic heterocycles. The Morgan fingerprint density at radius 3 is 2.24 bits per heavy atom. The fourth-order valence-electron chi connectivity index (χ4n) is 2.81. The van der Waals surface area contributed by atoms with E-state index in [1.54, 1.807) is 24.3 Å². The Bertz CT molecular complexity index is 696. The molecule has 1 rings (SSSR count). The molecule has 162 valence electrons. The molecule has 0 saturated carbocycles. The van der Waals surface area contributed by atoms with Gasteiger partial charge in [0.2, 0.25) is 0 Å². The SMILES string of the molecule is C=CCCCCCC[C@@H](NC(=O)c1ccc(CP(=O)(OC)OC)cc1)C(=O)OC. The van der Waals surface area contributed by atoms with E-state index in [0.29, 0.717) is 12.0 Å². The number of carbonyl (C=O) groups excluding carboxylic acids is 2. The number of rotatable bonds is 14. The monoisotopic (exact) mass is 425 g/mol. The quantitative estimate of drug-likeness (QED) is 0.205. The Labute approximate surface area is 173 Å². The van der Waals surface area contributed by atoms with E-state index in [1.807, 2.05) is 6.08 Å². The van der Waals surface area contributed by atoms with Crippen LogP contribution in [0.15, 0.2) is 36.9 Å². The van der Waals surface area contributed by atoms with Crippen LogP contribution in [0.4, 0.5) is 0 Å². The number of esters is 1. The van der Waals surface area contributed by atoms with Crippen molar-refractivity contribution in [3.63, 3.8) is 0 Å². The Kier molecular flexibility index (Phi) is 11.5. The number of benzene rings is 1. The molecule has 1 atom stereocenters. The third-order valence-corrected chi connectivity index (χ3v) is 6.46. The van der Waals surface area contributed by atoms with Gasteiger partial charge in [-0.2, -0.15) is 0 Å². The van der Waals surface area contributed by atoms with Gasteiger partial charge in [-0.05, 0) is 37.0 Å². The van der Waals surface area contributed by atoms with Gasteiger partial charge in [-0.15, -0.1) is 6.58 Å². The van der Waals surface area contributed by atoms with Crippen LogP contribution in [0.3, 0.4) is 0 Å².